The monoisotopic (exact) mass is 408 g/mol. The van der Waals surface area contributed by atoms with Crippen LogP contribution in [-0.4, -0.2) is 19.8 Å². The highest BCUT2D eigenvalue weighted by molar-refractivity contribution is 9.10. The Morgan fingerprint density at radius 1 is 1.43 bits per heavy atom. The Kier molecular flexibility index (Phi) is 5.42. The molecule has 1 aromatic heterocycles. The van der Waals surface area contributed by atoms with Gasteiger partial charge in [-0.15, -0.1) is 15.7 Å². The zero-order valence-corrected chi connectivity index (χ0v) is 14.7. The molecule has 112 valence electrons. The lowest BCUT2D eigenvalue weighted by Gasteiger charge is -2.08. The van der Waals surface area contributed by atoms with Crippen molar-refractivity contribution < 1.29 is 12.8 Å². The first-order chi connectivity index (χ1) is 9.92. The number of sulfonamides is 1. The lowest BCUT2D eigenvalue weighted by atomic mass is 10.3. The Labute approximate surface area is 138 Å². The molecule has 1 heterocycles. The Balaban J connectivity index is 2.30. The number of anilines is 1. The molecule has 0 aliphatic heterocycles. The summed E-state index contributed by atoms with van der Waals surface area (Å²) >= 11 is 5.33. The largest absolute Gasteiger partial charge is 0.332 e. The molecule has 9 heteroatoms. The molecule has 0 unspecified atom stereocenters. The van der Waals surface area contributed by atoms with Gasteiger partial charge >= 0.3 is 0 Å². The molecule has 4 nitrogen and oxygen atoms in total. The smallest absolute Gasteiger partial charge is 0.294 e. The van der Waals surface area contributed by atoms with Crippen molar-refractivity contribution in [2.45, 2.75) is 4.21 Å². The van der Waals surface area contributed by atoms with Crippen LogP contribution in [0.1, 0.15) is 0 Å². The average molecular weight is 409 g/mol. The zero-order chi connectivity index (χ0) is 15.5. The van der Waals surface area contributed by atoms with Crippen molar-refractivity contribution in [1.29, 1.82) is 0 Å². The molecule has 1 aromatic carbocycles. The maximum absolute atomic E-state index is 13.7. The Morgan fingerprint density at radius 2 is 2.19 bits per heavy atom. The van der Waals surface area contributed by atoms with Crippen LogP contribution in [0.4, 0.5) is 10.1 Å². The van der Waals surface area contributed by atoms with Gasteiger partial charge in [-0.1, -0.05) is 33.8 Å². The molecule has 0 atom stereocenters. The van der Waals surface area contributed by atoms with E-state index in [2.05, 4.69) is 25.6 Å². The van der Waals surface area contributed by atoms with Crippen molar-refractivity contribution in [2.24, 2.45) is 4.40 Å². The summed E-state index contributed by atoms with van der Waals surface area (Å²) in [5, 5.41) is 4.44. The van der Waals surface area contributed by atoms with E-state index in [1.54, 1.807) is 23.8 Å². The highest BCUT2D eigenvalue weighted by Gasteiger charge is 2.16. The minimum absolute atomic E-state index is 0.102. The van der Waals surface area contributed by atoms with Gasteiger partial charge in [0.05, 0.1) is 5.69 Å². The summed E-state index contributed by atoms with van der Waals surface area (Å²) in [4.78, 5) is 0. The molecule has 21 heavy (non-hydrogen) atoms. The van der Waals surface area contributed by atoms with Crippen molar-refractivity contribution in [1.82, 2.24) is 0 Å². The summed E-state index contributed by atoms with van der Waals surface area (Å²) in [5.74, 6) is -0.500. The van der Waals surface area contributed by atoms with Crippen LogP contribution in [0.5, 0.6) is 0 Å². The van der Waals surface area contributed by atoms with Gasteiger partial charge in [-0.3, -0.25) is 0 Å². The number of hydrogen-bond donors (Lipinski definition) is 1. The predicted octanol–water partition coefficient (Wildman–Crippen LogP) is 4.17. The Bertz CT molecular complexity index is 761. The first-order valence-corrected chi connectivity index (χ1v) is 9.90. The van der Waals surface area contributed by atoms with Crippen LogP contribution in [-0.2, 0) is 10.0 Å². The average Bonchev–Trinajstić information content (AvgIpc) is 2.95. The molecule has 0 saturated heterocycles. The molecule has 0 spiro atoms. The van der Waals surface area contributed by atoms with Crippen molar-refractivity contribution in [3.05, 3.63) is 46.0 Å². The molecule has 0 radical (unpaired) electrons. The molecule has 0 aliphatic rings. The fraction of sp³-hybridized carbons (Fsp3) is 0.0833. The fourth-order valence-corrected chi connectivity index (χ4v) is 4.34. The number of benzene rings is 1. The normalized spacial score (nSPS) is 12.4. The van der Waals surface area contributed by atoms with E-state index < -0.39 is 15.8 Å². The maximum atomic E-state index is 13.7. The third-order valence-corrected chi connectivity index (χ3v) is 6.16. The number of thioether (sulfide) groups is 1. The molecule has 1 N–H and O–H groups in total. The van der Waals surface area contributed by atoms with E-state index >= 15 is 0 Å². The minimum atomic E-state index is -3.78. The van der Waals surface area contributed by atoms with Crippen molar-refractivity contribution in [2.75, 3.05) is 11.6 Å². The van der Waals surface area contributed by atoms with Crippen LogP contribution in [0.2, 0.25) is 0 Å². The third-order valence-electron chi connectivity index (χ3n) is 2.32. The van der Waals surface area contributed by atoms with Crippen LogP contribution in [0.15, 0.2) is 48.8 Å². The number of nitrogens with zero attached hydrogens (tertiary/aromatic N) is 1. The summed E-state index contributed by atoms with van der Waals surface area (Å²) in [5.41, 5.74) is 0.160. The van der Waals surface area contributed by atoms with Crippen molar-refractivity contribution >= 4 is 59.9 Å². The van der Waals surface area contributed by atoms with Crippen LogP contribution >= 0.6 is 39.0 Å². The van der Waals surface area contributed by atoms with Gasteiger partial charge in [0.2, 0.25) is 0 Å². The van der Waals surface area contributed by atoms with Gasteiger partial charge in [-0.2, -0.15) is 8.42 Å². The second kappa shape index (κ2) is 6.91. The van der Waals surface area contributed by atoms with Gasteiger partial charge in [0.1, 0.15) is 10.0 Å². The Morgan fingerprint density at radius 3 is 2.76 bits per heavy atom. The summed E-state index contributed by atoms with van der Waals surface area (Å²) in [6.45, 7) is 0. The fourth-order valence-electron chi connectivity index (χ4n) is 1.38. The van der Waals surface area contributed by atoms with E-state index in [-0.39, 0.29) is 15.1 Å². The standard InChI is InChI=1S/C12H10BrFN2O2S3/c1-19-12(15-10-5-4-8(13)7-9(10)14)16-21(17,18)11-3-2-6-20-11/h2-7H,1H3,(H,15,16). The van der Waals surface area contributed by atoms with Crippen LogP contribution < -0.4 is 5.32 Å². The van der Waals surface area contributed by atoms with Gasteiger partial charge in [0, 0.05) is 4.47 Å². The van der Waals surface area contributed by atoms with Crippen LogP contribution in [0.25, 0.3) is 0 Å². The molecule has 0 aliphatic carbocycles. The first kappa shape index (κ1) is 16.5. The van der Waals surface area contributed by atoms with Gasteiger partial charge in [-0.25, -0.2) is 4.39 Å². The second-order valence-corrected chi connectivity index (χ2v) is 8.25. The van der Waals surface area contributed by atoms with Crippen LogP contribution in [0.3, 0.4) is 0 Å². The number of halogens is 2. The lowest BCUT2D eigenvalue weighted by molar-refractivity contribution is 0.600. The Hall–Kier alpha value is -0.900. The maximum Gasteiger partial charge on any atom is 0.294 e. The highest BCUT2D eigenvalue weighted by Crippen LogP contribution is 2.23. The summed E-state index contributed by atoms with van der Waals surface area (Å²) in [6, 6.07) is 7.55. The summed E-state index contributed by atoms with van der Waals surface area (Å²) < 4.78 is 42.3. The number of thiophene rings is 1. The second-order valence-electron chi connectivity index (χ2n) is 3.76. The van der Waals surface area contributed by atoms with E-state index in [9.17, 15) is 12.8 Å². The van der Waals surface area contributed by atoms with E-state index in [1.807, 2.05) is 0 Å². The number of amidine groups is 1. The van der Waals surface area contributed by atoms with Gasteiger partial charge in [0.15, 0.2) is 5.17 Å². The number of nitrogens with one attached hydrogen (secondary N) is 1. The molecular weight excluding hydrogens is 399 g/mol. The van der Waals surface area contributed by atoms with Crippen molar-refractivity contribution in [3.63, 3.8) is 0 Å². The van der Waals surface area contributed by atoms with Gasteiger partial charge < -0.3 is 5.32 Å². The SMILES string of the molecule is CS/C(=N\S(=O)(=O)c1cccs1)Nc1ccc(Br)cc1F. The van der Waals surface area contributed by atoms with Crippen LogP contribution in [0, 0.1) is 5.82 Å². The zero-order valence-electron chi connectivity index (χ0n) is 10.7. The van der Waals surface area contributed by atoms with Gasteiger partial charge in [0.25, 0.3) is 10.0 Å². The molecule has 0 saturated carbocycles. The number of hydrogen-bond acceptors (Lipinski definition) is 4. The molecule has 0 amide bonds. The van der Waals surface area contributed by atoms with E-state index in [1.165, 1.54) is 18.2 Å². The van der Waals surface area contributed by atoms with Crippen molar-refractivity contribution in [3.8, 4) is 0 Å². The summed E-state index contributed by atoms with van der Waals surface area (Å²) in [6.07, 6.45) is 1.66. The predicted molar refractivity (Wildman–Crippen MR) is 90.2 cm³/mol. The molecule has 2 aromatic rings. The van der Waals surface area contributed by atoms with E-state index in [0.29, 0.717) is 4.47 Å². The first-order valence-electron chi connectivity index (χ1n) is 5.57. The third kappa shape index (κ3) is 4.29. The lowest BCUT2D eigenvalue weighted by Crippen LogP contribution is -2.11. The molecule has 2 rings (SSSR count). The topological polar surface area (TPSA) is 58.5 Å². The molecule has 0 fully saturated rings. The molecular formula is C12H10BrFN2O2S3. The van der Waals surface area contributed by atoms with Gasteiger partial charge in [-0.05, 0) is 35.9 Å². The van der Waals surface area contributed by atoms with E-state index in [4.69, 9.17) is 0 Å². The van der Waals surface area contributed by atoms with E-state index in [0.717, 1.165) is 23.1 Å². The molecule has 0 bridgehead atoms. The summed E-state index contributed by atoms with van der Waals surface area (Å²) in [7, 11) is -3.78. The quantitative estimate of drug-likeness (QED) is 0.611. The number of rotatable bonds is 3. The highest BCUT2D eigenvalue weighted by atomic mass is 79.9. The minimum Gasteiger partial charge on any atom is -0.332 e.